The van der Waals surface area contributed by atoms with Gasteiger partial charge in [-0.05, 0) is 37.5 Å². The third-order valence-electron chi connectivity index (χ3n) is 3.75. The highest BCUT2D eigenvalue weighted by Crippen LogP contribution is 2.34. The molecule has 3 rings (SSSR count). The molecule has 1 aromatic carbocycles. The molecular formula is C15H15BrN2O3. The van der Waals surface area contributed by atoms with Crippen molar-refractivity contribution in [1.29, 1.82) is 0 Å². The number of nitrogens with zero attached hydrogens (tertiary/aromatic N) is 1. The predicted molar refractivity (Wildman–Crippen MR) is 82.2 cm³/mol. The van der Waals surface area contributed by atoms with Crippen molar-refractivity contribution < 1.29 is 9.84 Å². The molecule has 21 heavy (non-hydrogen) atoms. The second-order valence-electron chi connectivity index (χ2n) is 5.30. The van der Waals surface area contributed by atoms with Crippen LogP contribution in [0.4, 0.5) is 0 Å². The van der Waals surface area contributed by atoms with Crippen LogP contribution < -0.4 is 5.56 Å². The SMILES string of the molecule is CC1(c2nc(O)c(-c3ccc(Br)cc3)c(=O)[nH]2)CCCO1. The number of nitrogens with one attached hydrogen (secondary N) is 1. The molecule has 1 saturated heterocycles. The van der Waals surface area contributed by atoms with Crippen LogP contribution in [0.2, 0.25) is 0 Å². The molecule has 2 heterocycles. The Balaban J connectivity index is 2.08. The van der Waals surface area contributed by atoms with Crippen molar-refractivity contribution in [1.82, 2.24) is 9.97 Å². The normalized spacial score (nSPS) is 21.6. The van der Waals surface area contributed by atoms with Gasteiger partial charge < -0.3 is 14.8 Å². The Morgan fingerprint density at radius 2 is 2.10 bits per heavy atom. The standard InChI is InChI=1S/C15H15BrN2O3/c1-15(7-2-8-21-15)14-17-12(19)11(13(20)18-14)9-3-5-10(16)6-4-9/h3-6H,2,7-8H2,1H3,(H2,17,18,19,20). The van der Waals surface area contributed by atoms with Gasteiger partial charge in [0.05, 0.1) is 0 Å². The van der Waals surface area contributed by atoms with Gasteiger partial charge in [0.1, 0.15) is 17.0 Å². The van der Waals surface area contributed by atoms with Gasteiger partial charge in [-0.1, -0.05) is 28.1 Å². The minimum atomic E-state index is -0.630. The summed E-state index contributed by atoms with van der Waals surface area (Å²) in [7, 11) is 0. The lowest BCUT2D eigenvalue weighted by molar-refractivity contribution is 0.00871. The highest BCUT2D eigenvalue weighted by molar-refractivity contribution is 9.10. The first-order chi connectivity index (χ1) is 9.99. The lowest BCUT2D eigenvalue weighted by Crippen LogP contribution is -2.27. The van der Waals surface area contributed by atoms with Gasteiger partial charge in [0, 0.05) is 11.1 Å². The van der Waals surface area contributed by atoms with E-state index in [9.17, 15) is 9.90 Å². The van der Waals surface area contributed by atoms with Crippen LogP contribution in [-0.2, 0) is 10.3 Å². The third-order valence-corrected chi connectivity index (χ3v) is 4.28. The molecule has 0 radical (unpaired) electrons. The van der Waals surface area contributed by atoms with Crippen LogP contribution in [0.15, 0.2) is 33.5 Å². The summed E-state index contributed by atoms with van der Waals surface area (Å²) < 4.78 is 6.55. The molecule has 2 N–H and O–H groups in total. The van der Waals surface area contributed by atoms with Gasteiger partial charge in [0.15, 0.2) is 0 Å². The molecule has 0 aliphatic carbocycles. The van der Waals surface area contributed by atoms with Crippen molar-refractivity contribution in [2.75, 3.05) is 6.61 Å². The predicted octanol–water partition coefficient (Wildman–Crippen LogP) is 2.93. The first-order valence-electron chi connectivity index (χ1n) is 6.73. The number of hydrogen-bond donors (Lipinski definition) is 2. The molecule has 110 valence electrons. The van der Waals surface area contributed by atoms with E-state index in [1.54, 1.807) is 12.1 Å². The molecule has 1 aliphatic heterocycles. The van der Waals surface area contributed by atoms with Crippen molar-refractivity contribution in [2.24, 2.45) is 0 Å². The Morgan fingerprint density at radius 3 is 2.67 bits per heavy atom. The summed E-state index contributed by atoms with van der Waals surface area (Å²) in [5, 5.41) is 10.2. The van der Waals surface area contributed by atoms with Gasteiger partial charge >= 0.3 is 0 Å². The Labute approximate surface area is 130 Å². The molecule has 2 aromatic rings. The number of benzene rings is 1. The van der Waals surface area contributed by atoms with Crippen LogP contribution in [0.5, 0.6) is 5.88 Å². The van der Waals surface area contributed by atoms with Crippen molar-refractivity contribution >= 4 is 15.9 Å². The summed E-state index contributed by atoms with van der Waals surface area (Å²) in [4.78, 5) is 19.2. The second-order valence-corrected chi connectivity index (χ2v) is 6.22. The fourth-order valence-corrected chi connectivity index (χ4v) is 2.82. The van der Waals surface area contributed by atoms with Crippen LogP contribution in [0, 0.1) is 0 Å². The van der Waals surface area contributed by atoms with E-state index >= 15 is 0 Å². The van der Waals surface area contributed by atoms with Crippen LogP contribution >= 0.6 is 15.9 Å². The van der Waals surface area contributed by atoms with E-state index < -0.39 is 5.60 Å². The quantitative estimate of drug-likeness (QED) is 0.872. The summed E-state index contributed by atoms with van der Waals surface area (Å²) in [6, 6.07) is 7.13. The number of rotatable bonds is 2. The number of H-pyrrole nitrogens is 1. The topological polar surface area (TPSA) is 75.2 Å². The fourth-order valence-electron chi connectivity index (χ4n) is 2.55. The van der Waals surface area contributed by atoms with Crippen molar-refractivity contribution in [3.63, 3.8) is 0 Å². The Kier molecular flexibility index (Phi) is 3.59. The molecule has 1 unspecified atom stereocenters. The Morgan fingerprint density at radius 1 is 1.38 bits per heavy atom. The highest BCUT2D eigenvalue weighted by Gasteiger charge is 2.35. The van der Waals surface area contributed by atoms with Crippen LogP contribution in [0.25, 0.3) is 11.1 Å². The number of ether oxygens (including phenoxy) is 1. The van der Waals surface area contributed by atoms with E-state index in [0.29, 0.717) is 18.0 Å². The maximum absolute atomic E-state index is 12.3. The van der Waals surface area contributed by atoms with E-state index in [2.05, 4.69) is 25.9 Å². The minimum Gasteiger partial charge on any atom is -0.493 e. The maximum Gasteiger partial charge on any atom is 0.262 e. The summed E-state index contributed by atoms with van der Waals surface area (Å²) in [5.74, 6) is 0.108. The third kappa shape index (κ3) is 2.61. The molecule has 0 saturated carbocycles. The van der Waals surface area contributed by atoms with Crippen LogP contribution in [0.1, 0.15) is 25.6 Å². The first kappa shape index (κ1) is 14.3. The first-order valence-corrected chi connectivity index (χ1v) is 7.52. The molecule has 1 aromatic heterocycles. The van der Waals surface area contributed by atoms with E-state index in [4.69, 9.17) is 4.74 Å². The average Bonchev–Trinajstić information content (AvgIpc) is 2.88. The zero-order valence-electron chi connectivity index (χ0n) is 11.5. The van der Waals surface area contributed by atoms with Gasteiger partial charge in [-0.2, -0.15) is 4.98 Å². The smallest absolute Gasteiger partial charge is 0.262 e. The molecule has 1 atom stereocenters. The molecule has 0 amide bonds. The number of halogens is 1. The number of aromatic hydroxyl groups is 1. The van der Waals surface area contributed by atoms with Crippen molar-refractivity contribution in [2.45, 2.75) is 25.4 Å². The summed E-state index contributed by atoms with van der Waals surface area (Å²) in [5.41, 5.74) is -0.201. The van der Waals surface area contributed by atoms with Crippen LogP contribution in [0.3, 0.4) is 0 Å². The maximum atomic E-state index is 12.3. The number of aromatic nitrogens is 2. The second kappa shape index (κ2) is 5.27. The van der Waals surface area contributed by atoms with Gasteiger partial charge in [-0.25, -0.2) is 0 Å². The summed E-state index contributed by atoms with van der Waals surface area (Å²) in [6.45, 7) is 2.51. The van der Waals surface area contributed by atoms with Gasteiger partial charge in [0.2, 0.25) is 5.88 Å². The Hall–Kier alpha value is -1.66. The van der Waals surface area contributed by atoms with Gasteiger partial charge in [-0.3, -0.25) is 4.79 Å². The molecule has 5 nitrogen and oxygen atoms in total. The molecule has 0 spiro atoms. The van der Waals surface area contributed by atoms with Crippen LogP contribution in [-0.4, -0.2) is 21.7 Å². The molecular weight excluding hydrogens is 336 g/mol. The molecule has 1 aliphatic rings. The van der Waals surface area contributed by atoms with Crippen molar-refractivity contribution in [3.8, 4) is 17.0 Å². The number of hydrogen-bond acceptors (Lipinski definition) is 4. The van der Waals surface area contributed by atoms with E-state index in [-0.39, 0.29) is 17.0 Å². The van der Waals surface area contributed by atoms with Crippen molar-refractivity contribution in [3.05, 3.63) is 44.9 Å². The number of aromatic amines is 1. The molecule has 1 fully saturated rings. The largest absolute Gasteiger partial charge is 0.493 e. The highest BCUT2D eigenvalue weighted by atomic mass is 79.9. The zero-order chi connectivity index (χ0) is 15.0. The molecule has 6 heteroatoms. The van der Waals surface area contributed by atoms with Gasteiger partial charge in [-0.15, -0.1) is 0 Å². The minimum absolute atomic E-state index is 0.174. The van der Waals surface area contributed by atoms with E-state index in [1.165, 1.54) is 0 Å². The Bertz CT molecular complexity index is 719. The summed E-state index contributed by atoms with van der Waals surface area (Å²) >= 11 is 3.34. The lowest BCUT2D eigenvalue weighted by atomic mass is 10.0. The molecule has 0 bridgehead atoms. The average molecular weight is 351 g/mol. The lowest BCUT2D eigenvalue weighted by Gasteiger charge is -2.22. The van der Waals surface area contributed by atoms with E-state index in [1.807, 2.05) is 19.1 Å². The monoisotopic (exact) mass is 350 g/mol. The summed E-state index contributed by atoms with van der Waals surface area (Å²) in [6.07, 6.45) is 1.68. The van der Waals surface area contributed by atoms with E-state index in [0.717, 1.165) is 17.3 Å². The fraction of sp³-hybridized carbons (Fsp3) is 0.333. The zero-order valence-corrected chi connectivity index (χ0v) is 13.1. The van der Waals surface area contributed by atoms with Gasteiger partial charge in [0.25, 0.3) is 5.56 Å².